The van der Waals surface area contributed by atoms with Gasteiger partial charge in [-0.25, -0.2) is 4.39 Å². The van der Waals surface area contributed by atoms with Gasteiger partial charge in [0.2, 0.25) is 5.91 Å². The predicted molar refractivity (Wildman–Crippen MR) is 102 cm³/mol. The van der Waals surface area contributed by atoms with Crippen molar-refractivity contribution >= 4 is 5.91 Å². The third kappa shape index (κ3) is 6.92. The van der Waals surface area contributed by atoms with Crippen molar-refractivity contribution in [1.82, 2.24) is 15.1 Å². The van der Waals surface area contributed by atoms with E-state index in [1.54, 1.807) is 13.2 Å². The number of piperazine rings is 1. The molecule has 0 unspecified atom stereocenters. The predicted octanol–water partition coefficient (Wildman–Crippen LogP) is 2.50. The Morgan fingerprint density at radius 2 is 1.85 bits per heavy atom. The van der Waals surface area contributed by atoms with Gasteiger partial charge in [0.1, 0.15) is 11.6 Å². The van der Waals surface area contributed by atoms with Crippen LogP contribution < -0.4 is 10.1 Å². The Bertz CT molecular complexity index is 593. The number of hydrogen-bond acceptors (Lipinski definition) is 4. The highest BCUT2D eigenvalue weighted by Gasteiger charge is 2.20. The van der Waals surface area contributed by atoms with E-state index in [1.807, 2.05) is 0 Å². The molecule has 1 N–H and O–H groups in total. The molecule has 1 aromatic carbocycles. The molecule has 1 aliphatic rings. The van der Waals surface area contributed by atoms with E-state index in [1.165, 1.54) is 12.1 Å². The second kappa shape index (κ2) is 9.33. The first kappa shape index (κ1) is 20.6. The first-order chi connectivity index (χ1) is 12.3. The molecule has 146 valence electrons. The first-order valence-electron chi connectivity index (χ1n) is 9.31. The molecule has 1 aliphatic heterocycles. The molecule has 1 saturated heterocycles. The van der Waals surface area contributed by atoms with Crippen molar-refractivity contribution in [3.8, 4) is 5.75 Å². The summed E-state index contributed by atoms with van der Waals surface area (Å²) in [5.41, 5.74) is 1.09. The first-order valence-corrected chi connectivity index (χ1v) is 9.31. The smallest absolute Gasteiger partial charge is 0.234 e. The van der Waals surface area contributed by atoms with Crippen LogP contribution in [0.4, 0.5) is 4.39 Å². The lowest BCUT2D eigenvalue weighted by Gasteiger charge is -2.34. The van der Waals surface area contributed by atoms with E-state index >= 15 is 0 Å². The zero-order chi connectivity index (χ0) is 19.2. The van der Waals surface area contributed by atoms with E-state index in [-0.39, 0.29) is 17.1 Å². The molecule has 0 spiro atoms. The molecule has 1 fully saturated rings. The van der Waals surface area contributed by atoms with Gasteiger partial charge >= 0.3 is 0 Å². The van der Waals surface area contributed by atoms with Crippen LogP contribution in [0, 0.1) is 11.2 Å². The highest BCUT2D eigenvalue weighted by Crippen LogP contribution is 2.21. The monoisotopic (exact) mass is 365 g/mol. The van der Waals surface area contributed by atoms with Crippen molar-refractivity contribution in [1.29, 1.82) is 0 Å². The minimum Gasteiger partial charge on any atom is -0.496 e. The summed E-state index contributed by atoms with van der Waals surface area (Å²) >= 11 is 0. The number of carbonyl (C=O) groups excluding carboxylic acids is 1. The number of amides is 1. The number of rotatable bonds is 7. The Labute approximate surface area is 156 Å². The number of nitrogens with one attached hydrogen (secondary N) is 1. The Balaban J connectivity index is 1.74. The molecule has 0 atom stereocenters. The lowest BCUT2D eigenvalue weighted by Crippen LogP contribution is -2.49. The van der Waals surface area contributed by atoms with E-state index in [0.717, 1.165) is 44.7 Å². The fourth-order valence-corrected chi connectivity index (χ4v) is 3.05. The summed E-state index contributed by atoms with van der Waals surface area (Å²) in [6, 6.07) is 4.62. The summed E-state index contributed by atoms with van der Waals surface area (Å²) in [5.74, 6) is 0.563. The van der Waals surface area contributed by atoms with Crippen LogP contribution >= 0.6 is 0 Å². The van der Waals surface area contributed by atoms with Gasteiger partial charge in [-0.15, -0.1) is 0 Å². The molecular formula is C20H32FN3O2. The summed E-state index contributed by atoms with van der Waals surface area (Å²) in [7, 11) is 1.60. The Morgan fingerprint density at radius 3 is 2.46 bits per heavy atom. The zero-order valence-corrected chi connectivity index (χ0v) is 16.5. The average molecular weight is 365 g/mol. The molecule has 0 saturated carbocycles. The third-order valence-corrected chi connectivity index (χ3v) is 4.67. The molecule has 1 heterocycles. The van der Waals surface area contributed by atoms with Gasteiger partial charge in [0.15, 0.2) is 0 Å². The van der Waals surface area contributed by atoms with Gasteiger partial charge in [0.05, 0.1) is 13.7 Å². The number of methoxy groups -OCH3 is 1. The standard InChI is InChI=1S/C20H32FN3O2/c1-20(2,3)7-8-22-19(25)15-24-11-9-23(10-12-24)14-16-13-17(21)5-6-18(16)26-4/h5-6,13H,7-12,14-15H2,1-4H3,(H,22,25). The fourth-order valence-electron chi connectivity index (χ4n) is 3.05. The van der Waals surface area contributed by atoms with Gasteiger partial charge < -0.3 is 10.1 Å². The molecule has 1 amide bonds. The van der Waals surface area contributed by atoms with Crippen LogP contribution in [0.3, 0.4) is 0 Å². The maximum absolute atomic E-state index is 13.5. The SMILES string of the molecule is COc1ccc(F)cc1CN1CCN(CC(=O)NCCC(C)(C)C)CC1. The zero-order valence-electron chi connectivity index (χ0n) is 16.5. The van der Waals surface area contributed by atoms with Crippen LogP contribution in [0.2, 0.25) is 0 Å². The third-order valence-electron chi connectivity index (χ3n) is 4.67. The molecule has 0 aromatic heterocycles. The topological polar surface area (TPSA) is 44.8 Å². The van der Waals surface area contributed by atoms with Crippen LogP contribution in [0.1, 0.15) is 32.8 Å². The molecule has 5 nitrogen and oxygen atoms in total. The second-order valence-electron chi connectivity index (χ2n) is 8.17. The Hall–Kier alpha value is -1.66. The van der Waals surface area contributed by atoms with Gasteiger partial charge in [-0.1, -0.05) is 20.8 Å². The van der Waals surface area contributed by atoms with Crippen LogP contribution in [0.5, 0.6) is 5.75 Å². The second-order valence-corrected chi connectivity index (χ2v) is 8.17. The Kier molecular flexibility index (Phi) is 7.41. The molecule has 1 aromatic rings. The van der Waals surface area contributed by atoms with E-state index in [2.05, 4.69) is 35.9 Å². The van der Waals surface area contributed by atoms with Crippen LogP contribution in [0.25, 0.3) is 0 Å². The van der Waals surface area contributed by atoms with E-state index < -0.39 is 0 Å². The van der Waals surface area contributed by atoms with Crippen molar-refractivity contribution in [2.45, 2.75) is 33.7 Å². The number of ether oxygens (including phenoxy) is 1. The highest BCUT2D eigenvalue weighted by molar-refractivity contribution is 5.77. The van der Waals surface area contributed by atoms with Crippen LogP contribution in [0.15, 0.2) is 18.2 Å². The van der Waals surface area contributed by atoms with Gasteiger partial charge in [-0.2, -0.15) is 0 Å². The largest absolute Gasteiger partial charge is 0.496 e. The van der Waals surface area contributed by atoms with Gasteiger partial charge in [-0.3, -0.25) is 14.6 Å². The average Bonchev–Trinajstić information content (AvgIpc) is 2.56. The van der Waals surface area contributed by atoms with Gasteiger partial charge in [0.25, 0.3) is 0 Å². The summed E-state index contributed by atoms with van der Waals surface area (Å²) < 4.78 is 18.8. The number of carbonyl (C=O) groups is 1. The van der Waals surface area contributed by atoms with Crippen molar-refractivity contribution in [3.63, 3.8) is 0 Å². The number of hydrogen-bond donors (Lipinski definition) is 1. The van der Waals surface area contributed by atoms with Crippen LogP contribution in [-0.4, -0.2) is 62.1 Å². The van der Waals surface area contributed by atoms with Crippen molar-refractivity contribution in [2.75, 3.05) is 46.4 Å². The van der Waals surface area contributed by atoms with Crippen molar-refractivity contribution in [3.05, 3.63) is 29.6 Å². The molecule has 0 aliphatic carbocycles. The minimum absolute atomic E-state index is 0.0921. The fraction of sp³-hybridized carbons (Fsp3) is 0.650. The quantitative estimate of drug-likeness (QED) is 0.806. The van der Waals surface area contributed by atoms with Crippen molar-refractivity contribution < 1.29 is 13.9 Å². The maximum Gasteiger partial charge on any atom is 0.234 e. The van der Waals surface area contributed by atoms with E-state index in [4.69, 9.17) is 4.74 Å². The molecule has 26 heavy (non-hydrogen) atoms. The normalized spacial score (nSPS) is 16.5. The molecule has 6 heteroatoms. The molecular weight excluding hydrogens is 333 g/mol. The van der Waals surface area contributed by atoms with Crippen molar-refractivity contribution in [2.24, 2.45) is 5.41 Å². The lowest BCUT2D eigenvalue weighted by atomic mass is 9.92. The van der Waals surface area contributed by atoms with E-state index in [9.17, 15) is 9.18 Å². The van der Waals surface area contributed by atoms with Gasteiger partial charge in [0, 0.05) is 44.8 Å². The van der Waals surface area contributed by atoms with Crippen LogP contribution in [-0.2, 0) is 11.3 Å². The summed E-state index contributed by atoms with van der Waals surface area (Å²) in [6.07, 6.45) is 0.974. The number of benzene rings is 1. The molecule has 0 radical (unpaired) electrons. The minimum atomic E-state index is -0.244. The number of nitrogens with zero attached hydrogens (tertiary/aromatic N) is 2. The van der Waals surface area contributed by atoms with Gasteiger partial charge in [-0.05, 0) is 30.0 Å². The lowest BCUT2D eigenvalue weighted by molar-refractivity contribution is -0.122. The summed E-state index contributed by atoms with van der Waals surface area (Å²) in [5, 5.41) is 3.01. The maximum atomic E-state index is 13.5. The summed E-state index contributed by atoms with van der Waals surface area (Å²) in [4.78, 5) is 16.5. The molecule has 2 rings (SSSR count). The Morgan fingerprint density at radius 1 is 1.19 bits per heavy atom. The summed E-state index contributed by atoms with van der Waals surface area (Å²) in [6.45, 7) is 11.7. The number of halogens is 1. The highest BCUT2D eigenvalue weighted by atomic mass is 19.1. The van der Waals surface area contributed by atoms with E-state index in [0.29, 0.717) is 18.8 Å². The molecule has 0 bridgehead atoms.